The largest absolute Gasteiger partial charge is 0.458 e. The number of esters is 1. The Morgan fingerprint density at radius 1 is 1.05 bits per heavy atom. The molecule has 4 aliphatic carbocycles. The standard InChI is InChI=1S/C28H40O10S/c1-13-10-19(36-24(30)14(13)2)15(3)27(31)9-7-17-21-18(6-8-25(17,27)4)26(5)20(29)11-16(38-39(33,34)35)12-28(26,32)23-22(21)37-23/h15-19,21-23,31-32H,6-12H2,1-5H3,(H,33,34,35). The second kappa shape index (κ2) is 8.35. The monoisotopic (exact) mass is 568 g/mol. The van der Waals surface area contributed by atoms with Crippen LogP contribution in [0.25, 0.3) is 0 Å². The highest BCUT2D eigenvalue weighted by Gasteiger charge is 2.80. The number of carbonyl (C=O) groups excluding carboxylic acids is 2. The molecule has 0 bridgehead atoms. The molecule has 0 aromatic carbocycles. The highest BCUT2D eigenvalue weighted by molar-refractivity contribution is 7.80. The number of fused-ring (bicyclic) bond motifs is 8. The summed E-state index contributed by atoms with van der Waals surface area (Å²) < 4.78 is 48.6. The molecule has 0 amide bonds. The van der Waals surface area contributed by atoms with Crippen molar-refractivity contribution in [1.29, 1.82) is 0 Å². The first kappa shape index (κ1) is 27.8. The van der Waals surface area contributed by atoms with Gasteiger partial charge in [0.25, 0.3) is 0 Å². The molecular weight excluding hydrogens is 528 g/mol. The second-order valence-electron chi connectivity index (χ2n) is 13.7. The number of carbonyl (C=O) groups is 2. The Kier molecular flexibility index (Phi) is 5.95. The SMILES string of the molecule is CC1=C(C)C(=O)OC(C(C)C2(O)CCC3C4C5OC5C5(O)CC(OS(=O)(=O)O)CC(=O)C5(C)C4CCC32C)C1. The first-order valence-electron chi connectivity index (χ1n) is 14.1. The van der Waals surface area contributed by atoms with E-state index in [0.29, 0.717) is 31.3 Å². The van der Waals surface area contributed by atoms with E-state index in [4.69, 9.17) is 13.7 Å². The van der Waals surface area contributed by atoms with E-state index in [-0.39, 0.29) is 54.4 Å². The molecule has 0 spiro atoms. The third-order valence-electron chi connectivity index (χ3n) is 12.4. The average Bonchev–Trinajstić information content (AvgIpc) is 3.59. The Labute approximate surface area is 229 Å². The summed E-state index contributed by atoms with van der Waals surface area (Å²) in [4.78, 5) is 26.2. The zero-order chi connectivity index (χ0) is 28.5. The molecule has 2 heterocycles. The average molecular weight is 569 g/mol. The summed E-state index contributed by atoms with van der Waals surface area (Å²) in [6, 6.07) is 0. The van der Waals surface area contributed by atoms with Gasteiger partial charge in [-0.2, -0.15) is 8.42 Å². The Hall–Kier alpha value is -1.37. The summed E-state index contributed by atoms with van der Waals surface area (Å²) in [5, 5.41) is 24.3. The molecule has 0 aromatic heterocycles. The molecule has 0 radical (unpaired) electrons. The molecule has 39 heavy (non-hydrogen) atoms. The van der Waals surface area contributed by atoms with Gasteiger partial charge in [0.1, 0.15) is 23.6 Å². The molecule has 6 rings (SSSR count). The topological polar surface area (TPSA) is 160 Å². The first-order valence-corrected chi connectivity index (χ1v) is 15.5. The lowest BCUT2D eigenvalue weighted by atomic mass is 9.42. The summed E-state index contributed by atoms with van der Waals surface area (Å²) in [5.41, 5.74) is -2.75. The van der Waals surface area contributed by atoms with E-state index >= 15 is 0 Å². The summed E-state index contributed by atoms with van der Waals surface area (Å²) in [6.07, 6.45) is 0.220. The summed E-state index contributed by atoms with van der Waals surface area (Å²) >= 11 is 0. The minimum Gasteiger partial charge on any atom is -0.458 e. The number of aliphatic hydroxyl groups is 2. The van der Waals surface area contributed by atoms with Crippen LogP contribution in [-0.2, 0) is 33.6 Å². The number of ketones is 1. The second-order valence-corrected chi connectivity index (χ2v) is 14.7. The Bertz CT molecular complexity index is 1260. The predicted molar refractivity (Wildman–Crippen MR) is 136 cm³/mol. The van der Waals surface area contributed by atoms with Crippen molar-refractivity contribution in [2.75, 3.05) is 0 Å². The van der Waals surface area contributed by atoms with E-state index in [1.807, 2.05) is 13.8 Å². The number of hydrogen-bond acceptors (Lipinski definition) is 9. The van der Waals surface area contributed by atoms with Gasteiger partial charge in [0.15, 0.2) is 0 Å². The molecule has 11 heteroatoms. The minimum absolute atomic E-state index is 0.0392. The van der Waals surface area contributed by atoms with E-state index in [0.717, 1.165) is 12.0 Å². The van der Waals surface area contributed by atoms with Gasteiger partial charge in [-0.1, -0.05) is 19.4 Å². The van der Waals surface area contributed by atoms with Crippen molar-refractivity contribution in [3.05, 3.63) is 11.1 Å². The lowest BCUT2D eigenvalue weighted by Crippen LogP contribution is -2.70. The molecule has 10 nitrogen and oxygen atoms in total. The van der Waals surface area contributed by atoms with Gasteiger partial charge in [-0.25, -0.2) is 8.98 Å². The van der Waals surface area contributed by atoms with Gasteiger partial charge in [-0.05, 0) is 69.6 Å². The Balaban J connectivity index is 1.30. The molecular formula is C28H40O10S. The molecule has 5 fully saturated rings. The van der Waals surface area contributed by atoms with Crippen LogP contribution in [0.3, 0.4) is 0 Å². The third-order valence-corrected chi connectivity index (χ3v) is 12.9. The highest BCUT2D eigenvalue weighted by atomic mass is 32.3. The van der Waals surface area contributed by atoms with Crippen molar-refractivity contribution in [3.8, 4) is 0 Å². The van der Waals surface area contributed by atoms with Crippen molar-refractivity contribution in [2.45, 2.75) is 115 Å². The predicted octanol–water partition coefficient (Wildman–Crippen LogP) is 2.52. The van der Waals surface area contributed by atoms with Crippen LogP contribution >= 0.6 is 0 Å². The fraction of sp³-hybridized carbons (Fsp3) is 0.857. The van der Waals surface area contributed by atoms with Crippen LogP contribution < -0.4 is 0 Å². The van der Waals surface area contributed by atoms with E-state index in [1.54, 1.807) is 13.8 Å². The van der Waals surface area contributed by atoms with Gasteiger partial charge in [0.2, 0.25) is 0 Å². The van der Waals surface area contributed by atoms with Gasteiger partial charge in [0, 0.05) is 30.8 Å². The summed E-state index contributed by atoms with van der Waals surface area (Å²) in [6.45, 7) is 9.57. The van der Waals surface area contributed by atoms with Crippen LogP contribution in [0.5, 0.6) is 0 Å². The molecule has 12 atom stereocenters. The van der Waals surface area contributed by atoms with Crippen molar-refractivity contribution < 1.29 is 46.4 Å². The Morgan fingerprint density at radius 2 is 1.72 bits per heavy atom. The van der Waals surface area contributed by atoms with Gasteiger partial charge >= 0.3 is 16.4 Å². The fourth-order valence-corrected chi connectivity index (χ4v) is 10.4. The van der Waals surface area contributed by atoms with Crippen molar-refractivity contribution >= 4 is 22.2 Å². The number of cyclic esters (lactones) is 1. The lowest BCUT2D eigenvalue weighted by molar-refractivity contribution is -0.215. The molecule has 3 N–H and O–H groups in total. The number of hydrogen-bond donors (Lipinski definition) is 3. The maximum absolute atomic E-state index is 13.7. The van der Waals surface area contributed by atoms with Gasteiger partial charge < -0.3 is 19.7 Å². The zero-order valence-corrected chi connectivity index (χ0v) is 24.0. The van der Waals surface area contributed by atoms with Gasteiger partial charge in [-0.3, -0.25) is 9.35 Å². The van der Waals surface area contributed by atoms with Crippen LogP contribution in [-0.4, -0.2) is 70.6 Å². The number of ether oxygens (including phenoxy) is 2. The van der Waals surface area contributed by atoms with Crippen LogP contribution in [0.1, 0.15) is 79.6 Å². The molecule has 4 saturated carbocycles. The maximum atomic E-state index is 13.7. The van der Waals surface area contributed by atoms with Crippen molar-refractivity contribution in [2.24, 2.45) is 34.5 Å². The van der Waals surface area contributed by atoms with Crippen molar-refractivity contribution in [3.63, 3.8) is 0 Å². The molecule has 6 aliphatic rings. The maximum Gasteiger partial charge on any atom is 0.397 e. The van der Waals surface area contributed by atoms with E-state index in [2.05, 4.69) is 6.92 Å². The van der Waals surface area contributed by atoms with Crippen LogP contribution in [0, 0.1) is 34.5 Å². The van der Waals surface area contributed by atoms with Crippen LogP contribution in [0.2, 0.25) is 0 Å². The molecule has 1 saturated heterocycles. The summed E-state index contributed by atoms with van der Waals surface area (Å²) in [5.74, 6) is -1.13. The normalized spacial score (nSPS) is 51.8. The highest BCUT2D eigenvalue weighted by Crippen LogP contribution is 2.73. The van der Waals surface area contributed by atoms with Gasteiger partial charge in [-0.15, -0.1) is 0 Å². The van der Waals surface area contributed by atoms with E-state index < -0.39 is 50.7 Å². The Morgan fingerprint density at radius 3 is 2.36 bits per heavy atom. The zero-order valence-electron chi connectivity index (χ0n) is 23.2. The minimum atomic E-state index is -4.79. The number of epoxide rings is 1. The molecule has 218 valence electrons. The number of rotatable bonds is 4. The lowest BCUT2D eigenvalue weighted by Gasteiger charge is -2.62. The smallest absolute Gasteiger partial charge is 0.397 e. The van der Waals surface area contributed by atoms with E-state index in [9.17, 15) is 32.8 Å². The van der Waals surface area contributed by atoms with Crippen molar-refractivity contribution in [1.82, 2.24) is 0 Å². The van der Waals surface area contributed by atoms with Crippen LogP contribution in [0.15, 0.2) is 11.1 Å². The van der Waals surface area contributed by atoms with Crippen LogP contribution in [0.4, 0.5) is 0 Å². The third kappa shape index (κ3) is 3.59. The molecule has 12 unspecified atom stereocenters. The fourth-order valence-electron chi connectivity index (χ4n) is 9.88. The summed E-state index contributed by atoms with van der Waals surface area (Å²) in [7, 11) is -4.79. The quantitative estimate of drug-likeness (QED) is 0.261. The van der Waals surface area contributed by atoms with E-state index in [1.165, 1.54) is 0 Å². The first-order chi connectivity index (χ1) is 18.0. The molecule has 2 aliphatic heterocycles. The molecule has 0 aromatic rings. The van der Waals surface area contributed by atoms with Gasteiger partial charge in [0.05, 0.1) is 23.2 Å². The number of Topliss-reactive ketones (excluding diaryl/α,β-unsaturated/α-hetero) is 1.